The first-order valence-corrected chi connectivity index (χ1v) is 4.65. The van der Waals surface area contributed by atoms with Gasteiger partial charge in [-0.15, -0.1) is 5.10 Å². The number of anilines is 1. The number of aromatic nitrogens is 4. The second-order valence-electron chi connectivity index (χ2n) is 2.44. The Balaban J connectivity index is 2.19. The Bertz CT molecular complexity index is 409. The molecule has 0 amide bonds. The van der Waals surface area contributed by atoms with Crippen LogP contribution in [0.3, 0.4) is 0 Å². The Morgan fingerprint density at radius 2 is 2.46 bits per heavy atom. The van der Waals surface area contributed by atoms with E-state index in [-0.39, 0.29) is 0 Å². The van der Waals surface area contributed by atoms with Crippen LogP contribution in [0.2, 0.25) is 5.02 Å². The molecule has 0 bridgehead atoms. The first kappa shape index (κ1) is 8.46. The molecule has 0 radical (unpaired) electrons. The van der Waals surface area contributed by atoms with Gasteiger partial charge in [-0.05, 0) is 0 Å². The first-order valence-electron chi connectivity index (χ1n) is 3.50. The van der Waals surface area contributed by atoms with Crippen LogP contribution in [-0.2, 0) is 6.54 Å². The number of halogens is 1. The van der Waals surface area contributed by atoms with Gasteiger partial charge in [0.15, 0.2) is 0 Å². The third kappa shape index (κ3) is 1.78. The molecule has 2 rings (SSSR count). The molecule has 2 heterocycles. The van der Waals surface area contributed by atoms with E-state index >= 15 is 0 Å². The van der Waals surface area contributed by atoms with Gasteiger partial charge in [-0.2, -0.15) is 5.10 Å². The summed E-state index contributed by atoms with van der Waals surface area (Å²) in [6.07, 6.45) is 3.28. The molecule has 0 aromatic carbocycles. The van der Waals surface area contributed by atoms with Crippen molar-refractivity contribution in [1.82, 2.24) is 19.4 Å². The Morgan fingerprint density at radius 1 is 1.62 bits per heavy atom. The molecule has 0 spiro atoms. The number of rotatable bonds is 2. The minimum atomic E-state index is 0.509. The van der Waals surface area contributed by atoms with Crippen LogP contribution in [0.1, 0.15) is 5.69 Å². The molecular weight excluding hydrogens is 210 g/mol. The van der Waals surface area contributed by atoms with Crippen molar-refractivity contribution in [2.75, 3.05) is 5.73 Å². The van der Waals surface area contributed by atoms with Crippen molar-refractivity contribution < 1.29 is 0 Å². The summed E-state index contributed by atoms with van der Waals surface area (Å²) in [6.45, 7) is 0.509. The fourth-order valence-corrected chi connectivity index (χ4v) is 1.50. The molecule has 0 aliphatic rings. The zero-order valence-electron chi connectivity index (χ0n) is 6.51. The van der Waals surface area contributed by atoms with Crippen molar-refractivity contribution in [2.45, 2.75) is 6.54 Å². The van der Waals surface area contributed by atoms with Crippen LogP contribution in [0.5, 0.6) is 0 Å². The normalized spacial score (nSPS) is 10.5. The molecule has 0 atom stereocenters. The van der Waals surface area contributed by atoms with Crippen molar-refractivity contribution in [3.05, 3.63) is 23.1 Å². The van der Waals surface area contributed by atoms with Gasteiger partial charge >= 0.3 is 0 Å². The minimum Gasteiger partial charge on any atom is -0.388 e. The van der Waals surface area contributed by atoms with Gasteiger partial charge in [-0.3, -0.25) is 4.68 Å². The highest BCUT2D eigenvalue weighted by Gasteiger charge is 2.05. The van der Waals surface area contributed by atoms with Gasteiger partial charge in [-0.25, -0.2) is 0 Å². The van der Waals surface area contributed by atoms with Crippen LogP contribution in [-0.4, -0.2) is 19.4 Å². The van der Waals surface area contributed by atoms with Crippen molar-refractivity contribution >= 4 is 28.1 Å². The zero-order chi connectivity index (χ0) is 9.26. The predicted octanol–water partition coefficient (Wildman–Crippen LogP) is 1.02. The maximum atomic E-state index is 5.69. The Hall–Kier alpha value is -1.14. The van der Waals surface area contributed by atoms with E-state index in [0.717, 1.165) is 5.69 Å². The second kappa shape index (κ2) is 3.31. The van der Waals surface area contributed by atoms with E-state index in [9.17, 15) is 0 Å². The summed E-state index contributed by atoms with van der Waals surface area (Å²) in [4.78, 5) is 0. The summed E-state index contributed by atoms with van der Waals surface area (Å²) in [7, 11) is 0. The van der Waals surface area contributed by atoms with Crippen molar-refractivity contribution in [3.63, 3.8) is 0 Å². The molecular formula is C6H6ClN5S. The maximum absolute atomic E-state index is 5.69. The van der Waals surface area contributed by atoms with Crippen LogP contribution in [0.15, 0.2) is 12.4 Å². The minimum absolute atomic E-state index is 0.509. The van der Waals surface area contributed by atoms with E-state index in [4.69, 9.17) is 17.3 Å². The highest BCUT2D eigenvalue weighted by molar-refractivity contribution is 7.09. The number of nitrogen functional groups attached to an aromatic ring is 1. The molecule has 0 aliphatic carbocycles. The SMILES string of the molecule is Nc1snnc1Cn1cc(Cl)cn1. The standard InChI is InChI=1S/C6H6ClN5S/c7-4-1-9-12(2-4)3-5-6(8)13-11-10-5/h1-2H,3,8H2. The summed E-state index contributed by atoms with van der Waals surface area (Å²) < 4.78 is 5.38. The molecule has 5 nitrogen and oxygen atoms in total. The molecule has 2 aromatic heterocycles. The van der Waals surface area contributed by atoms with Gasteiger partial charge in [0, 0.05) is 17.7 Å². The monoisotopic (exact) mass is 215 g/mol. The molecule has 13 heavy (non-hydrogen) atoms. The van der Waals surface area contributed by atoms with Gasteiger partial charge in [0.1, 0.15) is 10.7 Å². The molecule has 7 heteroatoms. The summed E-state index contributed by atoms with van der Waals surface area (Å²) in [5, 5.41) is 9.07. The molecule has 2 aromatic rings. The number of hydrogen-bond acceptors (Lipinski definition) is 5. The lowest BCUT2D eigenvalue weighted by Crippen LogP contribution is -2.02. The quantitative estimate of drug-likeness (QED) is 0.812. The van der Waals surface area contributed by atoms with Crippen molar-refractivity contribution in [1.29, 1.82) is 0 Å². The summed E-state index contributed by atoms with van der Waals surface area (Å²) in [5.41, 5.74) is 6.34. The van der Waals surface area contributed by atoms with Gasteiger partial charge in [0.2, 0.25) is 0 Å². The molecule has 0 aliphatic heterocycles. The lowest BCUT2D eigenvalue weighted by atomic mass is 10.4. The molecule has 0 saturated heterocycles. The Morgan fingerprint density at radius 3 is 3.00 bits per heavy atom. The van der Waals surface area contributed by atoms with Gasteiger partial charge in [-0.1, -0.05) is 16.1 Å². The average molecular weight is 216 g/mol. The third-order valence-corrected chi connectivity index (χ3v) is 2.29. The predicted molar refractivity (Wildman–Crippen MR) is 50.7 cm³/mol. The van der Waals surface area contributed by atoms with Crippen LogP contribution in [0.25, 0.3) is 0 Å². The highest BCUT2D eigenvalue weighted by Crippen LogP contribution is 2.14. The molecule has 0 unspecified atom stereocenters. The molecule has 0 fully saturated rings. The fourth-order valence-electron chi connectivity index (χ4n) is 0.903. The zero-order valence-corrected chi connectivity index (χ0v) is 8.09. The van der Waals surface area contributed by atoms with Crippen LogP contribution in [0, 0.1) is 0 Å². The molecule has 68 valence electrons. The summed E-state index contributed by atoms with van der Waals surface area (Å²) in [6, 6.07) is 0. The van der Waals surface area contributed by atoms with E-state index in [1.807, 2.05) is 0 Å². The van der Waals surface area contributed by atoms with Gasteiger partial charge in [0.25, 0.3) is 0 Å². The Labute approximate surface area is 83.3 Å². The van der Waals surface area contributed by atoms with E-state index in [1.54, 1.807) is 17.1 Å². The summed E-state index contributed by atoms with van der Waals surface area (Å²) >= 11 is 6.87. The first-order chi connectivity index (χ1) is 6.25. The largest absolute Gasteiger partial charge is 0.388 e. The lowest BCUT2D eigenvalue weighted by Gasteiger charge is -1.96. The smallest absolute Gasteiger partial charge is 0.132 e. The van der Waals surface area contributed by atoms with Crippen LogP contribution < -0.4 is 5.73 Å². The van der Waals surface area contributed by atoms with Crippen molar-refractivity contribution in [2.24, 2.45) is 0 Å². The fraction of sp³-hybridized carbons (Fsp3) is 0.167. The Kier molecular flexibility index (Phi) is 2.15. The summed E-state index contributed by atoms with van der Waals surface area (Å²) in [5.74, 6) is 0. The van der Waals surface area contributed by atoms with E-state index in [1.165, 1.54) is 11.5 Å². The molecule has 2 N–H and O–H groups in total. The number of nitrogens with zero attached hydrogens (tertiary/aromatic N) is 4. The topological polar surface area (TPSA) is 69.6 Å². The van der Waals surface area contributed by atoms with Crippen LogP contribution >= 0.6 is 23.1 Å². The van der Waals surface area contributed by atoms with Crippen molar-refractivity contribution in [3.8, 4) is 0 Å². The maximum Gasteiger partial charge on any atom is 0.132 e. The number of hydrogen-bond donors (Lipinski definition) is 1. The van der Waals surface area contributed by atoms with Crippen LogP contribution in [0.4, 0.5) is 5.00 Å². The van der Waals surface area contributed by atoms with Gasteiger partial charge < -0.3 is 5.73 Å². The second-order valence-corrected chi connectivity index (χ2v) is 3.66. The molecule has 0 saturated carbocycles. The van der Waals surface area contributed by atoms with E-state index in [0.29, 0.717) is 16.6 Å². The highest BCUT2D eigenvalue weighted by atomic mass is 35.5. The van der Waals surface area contributed by atoms with E-state index in [2.05, 4.69) is 14.7 Å². The van der Waals surface area contributed by atoms with E-state index < -0.39 is 0 Å². The average Bonchev–Trinajstić information content (AvgIpc) is 2.64. The lowest BCUT2D eigenvalue weighted by molar-refractivity contribution is 0.672. The third-order valence-electron chi connectivity index (χ3n) is 1.50. The number of nitrogens with two attached hydrogens (primary N) is 1. The van der Waals surface area contributed by atoms with Gasteiger partial charge in [0.05, 0.1) is 17.8 Å².